The van der Waals surface area contributed by atoms with E-state index in [0.29, 0.717) is 16.4 Å². The van der Waals surface area contributed by atoms with Crippen LogP contribution >= 0.6 is 11.6 Å². The molecule has 0 aliphatic carbocycles. The first-order valence-corrected chi connectivity index (χ1v) is 7.77. The van der Waals surface area contributed by atoms with Crippen LogP contribution in [0.3, 0.4) is 0 Å². The van der Waals surface area contributed by atoms with Crippen molar-refractivity contribution in [2.75, 3.05) is 10.6 Å². The zero-order valence-corrected chi connectivity index (χ0v) is 14.0. The van der Waals surface area contributed by atoms with Crippen LogP contribution in [0, 0.1) is 17.0 Å². The molecule has 0 bridgehead atoms. The molecule has 0 unspecified atom stereocenters. The summed E-state index contributed by atoms with van der Waals surface area (Å²) in [6.07, 6.45) is 1.25. The van der Waals surface area contributed by atoms with Crippen LogP contribution in [0.15, 0.2) is 54.9 Å². The maximum atomic E-state index is 11.6. The summed E-state index contributed by atoms with van der Waals surface area (Å²) in [6.45, 7) is 1.93. The third-order valence-electron chi connectivity index (χ3n) is 3.41. The van der Waals surface area contributed by atoms with Gasteiger partial charge in [-0.15, -0.1) is 0 Å². The summed E-state index contributed by atoms with van der Waals surface area (Å²) in [5.41, 5.74) is 1.98. The van der Waals surface area contributed by atoms with Crippen molar-refractivity contribution in [3.05, 3.63) is 75.6 Å². The Morgan fingerprint density at radius 2 is 1.76 bits per heavy atom. The van der Waals surface area contributed by atoms with Crippen molar-refractivity contribution in [1.29, 1.82) is 0 Å². The Kier molecular flexibility index (Phi) is 4.76. The van der Waals surface area contributed by atoms with E-state index in [1.54, 1.807) is 30.3 Å². The molecular formula is C17H14ClN5O2. The summed E-state index contributed by atoms with van der Waals surface area (Å²) in [5, 5.41) is 17.9. The largest absolute Gasteiger partial charge is 0.353 e. The highest BCUT2D eigenvalue weighted by atomic mass is 35.5. The Morgan fingerprint density at radius 3 is 2.44 bits per heavy atom. The average Bonchev–Trinajstić information content (AvgIpc) is 2.57. The van der Waals surface area contributed by atoms with Crippen molar-refractivity contribution in [2.45, 2.75) is 6.92 Å². The fourth-order valence-electron chi connectivity index (χ4n) is 2.28. The minimum atomic E-state index is -0.530. The fourth-order valence-corrected chi connectivity index (χ4v) is 2.47. The highest BCUT2D eigenvalue weighted by Crippen LogP contribution is 2.34. The summed E-state index contributed by atoms with van der Waals surface area (Å²) >= 11 is 6.10. The first-order chi connectivity index (χ1) is 12.0. The molecule has 0 spiro atoms. The SMILES string of the molecule is Cc1cccc(Nc2ncnc(Nc3ccccc3Cl)c2[N+](=O)[O-])c1. The number of anilines is 4. The van der Waals surface area contributed by atoms with E-state index in [0.717, 1.165) is 5.56 Å². The third kappa shape index (κ3) is 3.84. The van der Waals surface area contributed by atoms with Gasteiger partial charge in [0.25, 0.3) is 0 Å². The number of hydrogen-bond acceptors (Lipinski definition) is 6. The maximum Gasteiger partial charge on any atom is 0.353 e. The monoisotopic (exact) mass is 355 g/mol. The minimum absolute atomic E-state index is 0.0586. The number of aryl methyl sites for hydroxylation is 1. The molecule has 1 heterocycles. The molecular weight excluding hydrogens is 342 g/mol. The Hall–Kier alpha value is -3.19. The zero-order chi connectivity index (χ0) is 17.8. The number of para-hydroxylation sites is 1. The van der Waals surface area contributed by atoms with Crippen molar-refractivity contribution in [3.63, 3.8) is 0 Å². The number of nitro groups is 1. The number of benzene rings is 2. The maximum absolute atomic E-state index is 11.6. The molecule has 3 aromatic rings. The molecule has 0 radical (unpaired) electrons. The normalized spacial score (nSPS) is 10.3. The lowest BCUT2D eigenvalue weighted by molar-refractivity contribution is -0.383. The van der Waals surface area contributed by atoms with Crippen LogP contribution in [0.1, 0.15) is 5.56 Å². The molecule has 126 valence electrons. The average molecular weight is 356 g/mol. The van der Waals surface area contributed by atoms with Crippen LogP contribution < -0.4 is 10.6 Å². The van der Waals surface area contributed by atoms with Gasteiger partial charge >= 0.3 is 5.69 Å². The molecule has 0 saturated carbocycles. The quantitative estimate of drug-likeness (QED) is 0.502. The number of nitrogens with one attached hydrogen (secondary N) is 2. The lowest BCUT2D eigenvalue weighted by Crippen LogP contribution is -2.05. The molecule has 25 heavy (non-hydrogen) atoms. The van der Waals surface area contributed by atoms with E-state index < -0.39 is 4.92 Å². The summed E-state index contributed by atoms with van der Waals surface area (Å²) < 4.78 is 0. The topological polar surface area (TPSA) is 93.0 Å². The number of halogens is 1. The highest BCUT2D eigenvalue weighted by Gasteiger charge is 2.23. The smallest absolute Gasteiger partial charge is 0.334 e. The number of rotatable bonds is 5. The summed E-state index contributed by atoms with van der Waals surface area (Å²) in [4.78, 5) is 19.1. The number of aromatic nitrogens is 2. The predicted molar refractivity (Wildman–Crippen MR) is 97.9 cm³/mol. The number of hydrogen-bond donors (Lipinski definition) is 2. The van der Waals surface area contributed by atoms with Gasteiger partial charge in [0.05, 0.1) is 15.6 Å². The van der Waals surface area contributed by atoms with E-state index in [1.165, 1.54) is 6.33 Å². The lowest BCUT2D eigenvalue weighted by atomic mass is 10.2. The van der Waals surface area contributed by atoms with E-state index in [-0.39, 0.29) is 17.3 Å². The Morgan fingerprint density at radius 1 is 1.04 bits per heavy atom. The van der Waals surface area contributed by atoms with Crippen molar-refractivity contribution in [3.8, 4) is 0 Å². The van der Waals surface area contributed by atoms with Crippen molar-refractivity contribution >= 4 is 40.3 Å². The van der Waals surface area contributed by atoms with Gasteiger partial charge in [-0.05, 0) is 36.8 Å². The first kappa shape index (κ1) is 16.7. The molecule has 3 rings (SSSR count). The minimum Gasteiger partial charge on any atom is -0.334 e. The second-order valence-electron chi connectivity index (χ2n) is 5.28. The molecule has 2 N–H and O–H groups in total. The van der Waals surface area contributed by atoms with E-state index in [9.17, 15) is 10.1 Å². The summed E-state index contributed by atoms with van der Waals surface area (Å²) in [6, 6.07) is 14.4. The van der Waals surface area contributed by atoms with Crippen LogP contribution in [0.25, 0.3) is 0 Å². The van der Waals surface area contributed by atoms with E-state index in [1.807, 2.05) is 25.1 Å². The number of nitrogens with zero attached hydrogens (tertiary/aromatic N) is 3. The molecule has 1 aromatic heterocycles. The van der Waals surface area contributed by atoms with Gasteiger partial charge in [-0.25, -0.2) is 9.97 Å². The fraction of sp³-hybridized carbons (Fsp3) is 0.0588. The second-order valence-corrected chi connectivity index (χ2v) is 5.68. The molecule has 0 aliphatic heterocycles. The van der Waals surface area contributed by atoms with Crippen molar-refractivity contribution < 1.29 is 4.92 Å². The van der Waals surface area contributed by atoms with Crippen LogP contribution in [-0.2, 0) is 0 Å². The van der Waals surface area contributed by atoms with Gasteiger partial charge in [0.15, 0.2) is 0 Å². The van der Waals surface area contributed by atoms with E-state index >= 15 is 0 Å². The van der Waals surface area contributed by atoms with Crippen molar-refractivity contribution in [1.82, 2.24) is 9.97 Å². The molecule has 8 heteroatoms. The standard InChI is InChI=1S/C17H14ClN5O2/c1-11-5-4-6-12(9-11)21-16-15(23(24)25)17(20-10-19-16)22-14-8-3-2-7-13(14)18/h2-10H,1H3,(H2,19,20,21,22). The first-order valence-electron chi connectivity index (χ1n) is 7.39. The van der Waals surface area contributed by atoms with Gasteiger partial charge in [0.1, 0.15) is 6.33 Å². The van der Waals surface area contributed by atoms with Gasteiger partial charge < -0.3 is 10.6 Å². The summed E-state index contributed by atoms with van der Waals surface area (Å²) in [5.74, 6) is 0.156. The van der Waals surface area contributed by atoms with Crippen LogP contribution in [0.4, 0.5) is 28.7 Å². The third-order valence-corrected chi connectivity index (χ3v) is 3.74. The van der Waals surface area contributed by atoms with E-state index in [2.05, 4.69) is 20.6 Å². The Labute approximate surface area is 148 Å². The molecule has 2 aromatic carbocycles. The molecule has 0 saturated heterocycles. The zero-order valence-electron chi connectivity index (χ0n) is 13.2. The van der Waals surface area contributed by atoms with Crippen LogP contribution in [0.2, 0.25) is 5.02 Å². The van der Waals surface area contributed by atoms with Gasteiger partial charge in [-0.1, -0.05) is 35.9 Å². The molecule has 0 atom stereocenters. The van der Waals surface area contributed by atoms with Gasteiger partial charge in [0, 0.05) is 5.69 Å². The second kappa shape index (κ2) is 7.14. The van der Waals surface area contributed by atoms with Crippen LogP contribution in [0.5, 0.6) is 0 Å². The molecule has 7 nitrogen and oxygen atoms in total. The van der Waals surface area contributed by atoms with Crippen molar-refractivity contribution in [2.24, 2.45) is 0 Å². The lowest BCUT2D eigenvalue weighted by Gasteiger charge is -2.11. The predicted octanol–water partition coefficient (Wildman–Crippen LogP) is 4.83. The molecule has 0 aliphatic rings. The molecule has 0 amide bonds. The van der Waals surface area contributed by atoms with Gasteiger partial charge in [-0.2, -0.15) is 0 Å². The highest BCUT2D eigenvalue weighted by molar-refractivity contribution is 6.33. The molecule has 0 fully saturated rings. The Balaban J connectivity index is 2.00. The van der Waals surface area contributed by atoms with Crippen LogP contribution in [-0.4, -0.2) is 14.9 Å². The Bertz CT molecular complexity index is 932. The van der Waals surface area contributed by atoms with Gasteiger partial charge in [-0.3, -0.25) is 10.1 Å². The summed E-state index contributed by atoms with van der Waals surface area (Å²) in [7, 11) is 0. The van der Waals surface area contributed by atoms with E-state index in [4.69, 9.17) is 11.6 Å². The van der Waals surface area contributed by atoms with Gasteiger partial charge in [0.2, 0.25) is 11.6 Å².